The molecule has 0 saturated heterocycles. The summed E-state index contributed by atoms with van der Waals surface area (Å²) in [6.45, 7) is 2.45. The van der Waals surface area contributed by atoms with Crippen LogP contribution in [0.25, 0.3) is 21.1 Å². The molecule has 0 bridgehead atoms. The lowest BCUT2D eigenvalue weighted by Crippen LogP contribution is -2.24. The van der Waals surface area contributed by atoms with Gasteiger partial charge >= 0.3 is 0 Å². The van der Waals surface area contributed by atoms with Gasteiger partial charge in [0.25, 0.3) is 0 Å². The molecule has 0 aliphatic rings. The second-order valence-corrected chi connectivity index (χ2v) is 9.18. The van der Waals surface area contributed by atoms with Gasteiger partial charge in [0.2, 0.25) is 5.91 Å². The van der Waals surface area contributed by atoms with Crippen molar-refractivity contribution in [3.63, 3.8) is 0 Å². The summed E-state index contributed by atoms with van der Waals surface area (Å²) in [7, 11) is 0. The molecule has 1 N–H and O–H groups in total. The Morgan fingerprint density at radius 1 is 1.03 bits per heavy atom. The molecule has 31 heavy (non-hydrogen) atoms. The van der Waals surface area contributed by atoms with Crippen LogP contribution in [-0.2, 0) is 11.3 Å². The maximum atomic E-state index is 12.1. The van der Waals surface area contributed by atoms with Crippen molar-refractivity contribution in [1.82, 2.24) is 20.5 Å². The summed E-state index contributed by atoms with van der Waals surface area (Å²) in [5, 5.41) is 13.9. The molecule has 0 saturated carbocycles. The van der Waals surface area contributed by atoms with E-state index >= 15 is 0 Å². The molecule has 4 rings (SSSR count). The number of hydrogen-bond acceptors (Lipinski definition) is 6. The van der Waals surface area contributed by atoms with Crippen LogP contribution in [-0.4, -0.2) is 26.8 Å². The summed E-state index contributed by atoms with van der Waals surface area (Å²) >= 11 is 8.83. The number of halogens is 1. The van der Waals surface area contributed by atoms with E-state index in [0.717, 1.165) is 32.4 Å². The molecule has 4 aromatic rings. The van der Waals surface area contributed by atoms with Gasteiger partial charge in [-0.15, -0.1) is 21.5 Å². The largest absolute Gasteiger partial charge is 0.351 e. The minimum absolute atomic E-state index is 0.0587. The van der Waals surface area contributed by atoms with Gasteiger partial charge in [0.05, 0.1) is 16.3 Å². The van der Waals surface area contributed by atoms with Crippen molar-refractivity contribution in [2.75, 3.05) is 5.75 Å². The van der Waals surface area contributed by atoms with Crippen molar-refractivity contribution >= 4 is 40.6 Å². The molecule has 0 aliphatic heterocycles. The van der Waals surface area contributed by atoms with Crippen LogP contribution in [0.1, 0.15) is 11.3 Å². The normalized spacial score (nSPS) is 10.8. The van der Waals surface area contributed by atoms with Gasteiger partial charge in [-0.2, -0.15) is 0 Å². The number of aryl methyl sites for hydroxylation is 1. The number of nitrogens with one attached hydrogen (secondary N) is 1. The molecule has 5 nitrogen and oxygen atoms in total. The fourth-order valence-electron chi connectivity index (χ4n) is 2.85. The van der Waals surface area contributed by atoms with Gasteiger partial charge in [-0.25, -0.2) is 4.98 Å². The average Bonchev–Trinajstić information content (AvgIpc) is 3.20. The van der Waals surface area contributed by atoms with Crippen LogP contribution in [0.5, 0.6) is 0 Å². The monoisotopic (exact) mass is 466 g/mol. The van der Waals surface area contributed by atoms with E-state index in [1.807, 2.05) is 73.7 Å². The van der Waals surface area contributed by atoms with E-state index in [2.05, 4.69) is 20.5 Å². The summed E-state index contributed by atoms with van der Waals surface area (Å²) < 4.78 is 0. The Morgan fingerprint density at radius 3 is 2.52 bits per heavy atom. The minimum Gasteiger partial charge on any atom is -0.351 e. The lowest BCUT2D eigenvalue weighted by molar-refractivity contribution is -0.118. The quantitative estimate of drug-likeness (QED) is 0.357. The first-order chi connectivity index (χ1) is 15.1. The van der Waals surface area contributed by atoms with Gasteiger partial charge in [0.1, 0.15) is 15.7 Å². The second kappa shape index (κ2) is 10.0. The maximum Gasteiger partial charge on any atom is 0.230 e. The second-order valence-electron chi connectivity index (χ2n) is 6.75. The van der Waals surface area contributed by atoms with E-state index in [4.69, 9.17) is 11.6 Å². The molecule has 0 aliphatic carbocycles. The Bertz CT molecular complexity index is 1160. The number of thiazole rings is 1. The molecule has 0 fully saturated rings. The molecule has 0 atom stereocenters. The Morgan fingerprint density at radius 2 is 1.81 bits per heavy atom. The van der Waals surface area contributed by atoms with Gasteiger partial charge in [-0.3, -0.25) is 4.79 Å². The zero-order valence-electron chi connectivity index (χ0n) is 16.7. The summed E-state index contributed by atoms with van der Waals surface area (Å²) in [6, 6.07) is 21.3. The number of amides is 1. The van der Waals surface area contributed by atoms with Crippen molar-refractivity contribution in [1.29, 1.82) is 0 Å². The zero-order chi connectivity index (χ0) is 21.6. The predicted molar refractivity (Wildman–Crippen MR) is 127 cm³/mol. The Hall–Kier alpha value is -2.74. The number of carbonyl (C=O) groups is 1. The van der Waals surface area contributed by atoms with Crippen molar-refractivity contribution in [2.45, 2.75) is 18.5 Å². The minimum atomic E-state index is -0.0587. The van der Waals surface area contributed by atoms with Gasteiger partial charge in [-0.05, 0) is 36.8 Å². The van der Waals surface area contributed by atoms with E-state index in [1.165, 1.54) is 11.8 Å². The lowest BCUT2D eigenvalue weighted by Gasteiger charge is -2.05. The summed E-state index contributed by atoms with van der Waals surface area (Å²) in [4.78, 5) is 17.8. The van der Waals surface area contributed by atoms with Crippen LogP contribution >= 0.6 is 34.7 Å². The summed E-state index contributed by atoms with van der Waals surface area (Å²) in [5.41, 5.74) is 3.81. The van der Waals surface area contributed by atoms with E-state index in [9.17, 15) is 4.79 Å². The first-order valence-corrected chi connectivity index (χ1v) is 11.8. The van der Waals surface area contributed by atoms with Crippen molar-refractivity contribution in [3.8, 4) is 21.1 Å². The third-order valence-corrected chi connectivity index (χ3v) is 6.85. The smallest absolute Gasteiger partial charge is 0.230 e. The van der Waals surface area contributed by atoms with Gasteiger partial charge in [0, 0.05) is 17.1 Å². The topological polar surface area (TPSA) is 67.8 Å². The van der Waals surface area contributed by atoms with Gasteiger partial charge < -0.3 is 5.32 Å². The van der Waals surface area contributed by atoms with E-state index < -0.39 is 0 Å². The highest BCUT2D eigenvalue weighted by atomic mass is 35.5. The highest BCUT2D eigenvalue weighted by Gasteiger charge is 2.13. The van der Waals surface area contributed by atoms with Crippen LogP contribution in [0.15, 0.2) is 71.8 Å². The number of aromatic nitrogens is 3. The summed E-state index contributed by atoms with van der Waals surface area (Å²) in [6.07, 6.45) is 0. The molecule has 156 valence electrons. The highest BCUT2D eigenvalue weighted by molar-refractivity contribution is 7.99. The molecule has 2 aromatic heterocycles. The van der Waals surface area contributed by atoms with Gasteiger partial charge in [0.15, 0.2) is 0 Å². The number of hydrogen-bond donors (Lipinski definition) is 1. The van der Waals surface area contributed by atoms with E-state index in [0.29, 0.717) is 16.6 Å². The van der Waals surface area contributed by atoms with Gasteiger partial charge in [-0.1, -0.05) is 65.8 Å². The number of rotatable bonds is 7. The zero-order valence-corrected chi connectivity index (χ0v) is 19.1. The number of nitrogens with zero attached hydrogens (tertiary/aromatic N) is 3. The molecule has 0 unspecified atom stereocenters. The van der Waals surface area contributed by atoms with E-state index in [1.54, 1.807) is 11.3 Å². The Balaban J connectivity index is 1.34. The molecule has 2 heterocycles. The first-order valence-electron chi connectivity index (χ1n) is 9.59. The van der Waals surface area contributed by atoms with Crippen molar-refractivity contribution < 1.29 is 4.79 Å². The maximum absolute atomic E-state index is 12.1. The van der Waals surface area contributed by atoms with Crippen LogP contribution in [0.4, 0.5) is 0 Å². The van der Waals surface area contributed by atoms with Crippen LogP contribution in [0.2, 0.25) is 5.02 Å². The third-order valence-electron chi connectivity index (χ3n) is 4.44. The SMILES string of the molecule is Cc1nc(-c2ccccc2)sc1-c1ccc(SCC(=O)NCc2ccc(Cl)cc2)nn1. The van der Waals surface area contributed by atoms with Crippen LogP contribution < -0.4 is 5.32 Å². The predicted octanol–water partition coefficient (Wildman–Crippen LogP) is 5.64. The van der Waals surface area contributed by atoms with Crippen LogP contribution in [0, 0.1) is 6.92 Å². The van der Waals surface area contributed by atoms with E-state index in [-0.39, 0.29) is 11.7 Å². The molecule has 2 aromatic carbocycles. The average molecular weight is 467 g/mol. The fourth-order valence-corrected chi connectivity index (χ4v) is 4.66. The molecule has 0 spiro atoms. The summed E-state index contributed by atoms with van der Waals surface area (Å²) in [5.74, 6) is 0.218. The molecular formula is C23H19ClN4OS2. The van der Waals surface area contributed by atoms with Crippen molar-refractivity contribution in [3.05, 3.63) is 83.0 Å². The molecule has 1 amide bonds. The third kappa shape index (κ3) is 5.70. The standard InChI is InChI=1S/C23H19ClN4OS2/c1-15-22(31-23(26-15)17-5-3-2-4-6-17)19-11-12-21(28-27-19)30-14-20(29)25-13-16-7-9-18(24)10-8-16/h2-12H,13-14H2,1H3,(H,25,29). The lowest BCUT2D eigenvalue weighted by atomic mass is 10.2. The number of benzene rings is 2. The number of thioether (sulfide) groups is 1. The molecule has 0 radical (unpaired) electrons. The first kappa shape index (κ1) is 21.5. The Kier molecular flexibility index (Phi) is 6.96. The van der Waals surface area contributed by atoms with Crippen LogP contribution in [0.3, 0.4) is 0 Å². The highest BCUT2D eigenvalue weighted by Crippen LogP contribution is 2.34. The fraction of sp³-hybridized carbons (Fsp3) is 0.130. The Labute approximate surface area is 193 Å². The number of carbonyl (C=O) groups excluding carboxylic acids is 1. The molecule has 8 heteroatoms. The van der Waals surface area contributed by atoms with Crippen molar-refractivity contribution in [2.24, 2.45) is 0 Å². The molecular weight excluding hydrogens is 448 g/mol.